The van der Waals surface area contributed by atoms with Crippen molar-refractivity contribution in [1.29, 1.82) is 5.26 Å². The van der Waals surface area contributed by atoms with Crippen LogP contribution in [0.2, 0.25) is 0 Å². The van der Waals surface area contributed by atoms with Crippen LogP contribution >= 0.6 is 0 Å². The maximum absolute atomic E-state index is 12.1. The van der Waals surface area contributed by atoms with Crippen molar-refractivity contribution in [3.63, 3.8) is 0 Å². The SMILES string of the molecule is CC(=O)C1(c2nc(C)ccc2C)CCCCC1.CCC(=O)N1CCCC1C#N.Oc1cnc2[nH]ncc2c1. The first-order valence-corrected chi connectivity index (χ1v) is 13.3. The van der Waals surface area contributed by atoms with Crippen LogP contribution in [0.15, 0.2) is 30.6 Å². The van der Waals surface area contributed by atoms with Gasteiger partial charge in [0.2, 0.25) is 5.91 Å². The van der Waals surface area contributed by atoms with Crippen molar-refractivity contribution in [2.45, 2.75) is 90.5 Å². The summed E-state index contributed by atoms with van der Waals surface area (Å²) in [5.74, 6) is 0.557. The number of aromatic amines is 1. The van der Waals surface area contributed by atoms with Crippen molar-refractivity contribution in [1.82, 2.24) is 25.1 Å². The van der Waals surface area contributed by atoms with Crippen LogP contribution in [-0.2, 0) is 15.0 Å². The Labute approximate surface area is 224 Å². The van der Waals surface area contributed by atoms with Crippen molar-refractivity contribution in [2.75, 3.05) is 6.54 Å². The number of ketones is 1. The third kappa shape index (κ3) is 6.74. The first kappa shape index (κ1) is 28.8. The lowest BCUT2D eigenvalue weighted by Gasteiger charge is -2.35. The summed E-state index contributed by atoms with van der Waals surface area (Å²) in [6.45, 7) is 8.40. The third-order valence-corrected chi connectivity index (χ3v) is 7.37. The molecule has 9 heteroatoms. The van der Waals surface area contributed by atoms with Gasteiger partial charge in [-0.15, -0.1) is 0 Å². The number of nitrogens with zero attached hydrogens (tertiary/aromatic N) is 5. The molecule has 3 aromatic rings. The molecule has 1 atom stereocenters. The van der Waals surface area contributed by atoms with Gasteiger partial charge in [-0.05, 0) is 64.2 Å². The molecule has 202 valence electrons. The van der Waals surface area contributed by atoms with Crippen molar-refractivity contribution < 1.29 is 14.7 Å². The van der Waals surface area contributed by atoms with E-state index in [1.807, 2.05) is 19.9 Å². The van der Waals surface area contributed by atoms with E-state index < -0.39 is 0 Å². The molecule has 4 heterocycles. The lowest BCUT2D eigenvalue weighted by Crippen LogP contribution is -2.38. The Morgan fingerprint density at radius 3 is 2.58 bits per heavy atom. The molecule has 1 saturated heterocycles. The zero-order chi connectivity index (χ0) is 27.7. The Kier molecular flexibility index (Phi) is 9.94. The number of carbonyl (C=O) groups is 2. The van der Waals surface area contributed by atoms with E-state index in [1.165, 1.54) is 12.6 Å². The van der Waals surface area contributed by atoms with Crippen molar-refractivity contribution in [3.05, 3.63) is 47.5 Å². The second-order valence-electron chi connectivity index (χ2n) is 10.0. The molecular formula is C29H38N6O3. The van der Waals surface area contributed by atoms with Crippen LogP contribution < -0.4 is 0 Å². The first-order chi connectivity index (χ1) is 18.2. The van der Waals surface area contributed by atoms with Gasteiger partial charge in [-0.1, -0.05) is 32.3 Å². The van der Waals surface area contributed by atoms with Gasteiger partial charge in [0.05, 0.1) is 29.6 Å². The number of carbonyl (C=O) groups excluding carboxylic acids is 2. The second kappa shape index (κ2) is 13.1. The largest absolute Gasteiger partial charge is 0.506 e. The van der Waals surface area contributed by atoms with Gasteiger partial charge in [0.15, 0.2) is 5.65 Å². The number of nitriles is 1. The normalized spacial score (nSPS) is 18.0. The van der Waals surface area contributed by atoms with E-state index in [0.29, 0.717) is 17.9 Å². The standard InChI is InChI=1S/C15H21NO.C8H12N2O.C6H5N3O/c1-11-7-8-12(2)16-14(11)15(13(3)17)9-5-4-6-10-15;1-2-8(11)10-5-3-4-7(10)6-9;10-5-1-4-2-8-9-6(4)7-3-5/h7-8H,4-6,9-10H2,1-3H3;7H,2-5H2,1H3;1-3,10H,(H,7,8,9). The van der Waals surface area contributed by atoms with E-state index >= 15 is 0 Å². The molecule has 1 aliphatic carbocycles. The summed E-state index contributed by atoms with van der Waals surface area (Å²) in [6.07, 6.45) is 10.8. The molecule has 3 aromatic heterocycles. The average molecular weight is 519 g/mol. The number of amides is 1. The summed E-state index contributed by atoms with van der Waals surface area (Å²) in [5.41, 5.74) is 3.60. The number of hydrogen-bond acceptors (Lipinski definition) is 7. The third-order valence-electron chi connectivity index (χ3n) is 7.37. The van der Waals surface area contributed by atoms with E-state index in [0.717, 1.165) is 67.4 Å². The zero-order valence-electron chi connectivity index (χ0n) is 22.8. The number of Topliss-reactive ketones (excluding diaryl/α,β-unsaturated/α-hetero) is 1. The molecule has 2 fully saturated rings. The number of pyridine rings is 2. The average Bonchev–Trinajstić information content (AvgIpc) is 3.60. The summed E-state index contributed by atoms with van der Waals surface area (Å²) in [6, 6.07) is 7.70. The predicted molar refractivity (Wildman–Crippen MR) is 145 cm³/mol. The minimum Gasteiger partial charge on any atom is -0.506 e. The van der Waals surface area contributed by atoms with Crippen LogP contribution in [-0.4, -0.2) is 54.4 Å². The highest BCUT2D eigenvalue weighted by Gasteiger charge is 2.40. The quantitative estimate of drug-likeness (QED) is 0.494. The summed E-state index contributed by atoms with van der Waals surface area (Å²) in [7, 11) is 0. The molecule has 1 amide bonds. The number of likely N-dealkylation sites (tertiary alicyclic amines) is 1. The fourth-order valence-electron chi connectivity index (χ4n) is 5.25. The zero-order valence-corrected chi connectivity index (χ0v) is 22.8. The number of fused-ring (bicyclic) bond motifs is 1. The minimum atomic E-state index is -0.297. The Morgan fingerprint density at radius 1 is 1.18 bits per heavy atom. The lowest BCUT2D eigenvalue weighted by atomic mass is 9.68. The van der Waals surface area contributed by atoms with Gasteiger partial charge in [-0.25, -0.2) is 4.98 Å². The fourth-order valence-corrected chi connectivity index (χ4v) is 5.25. The van der Waals surface area contributed by atoms with Gasteiger partial charge in [0.25, 0.3) is 0 Å². The molecule has 0 spiro atoms. The summed E-state index contributed by atoms with van der Waals surface area (Å²) in [4.78, 5) is 33.5. The van der Waals surface area contributed by atoms with E-state index in [1.54, 1.807) is 24.1 Å². The Hall–Kier alpha value is -3.80. The number of aromatic hydroxyl groups is 1. The monoisotopic (exact) mass is 518 g/mol. The molecule has 1 unspecified atom stereocenters. The van der Waals surface area contributed by atoms with E-state index in [4.69, 9.17) is 10.4 Å². The second-order valence-corrected chi connectivity index (χ2v) is 10.0. The highest BCUT2D eigenvalue weighted by molar-refractivity contribution is 5.88. The van der Waals surface area contributed by atoms with Crippen LogP contribution in [0.1, 0.15) is 82.2 Å². The molecule has 0 aromatic carbocycles. The lowest BCUT2D eigenvalue weighted by molar-refractivity contribution is -0.130. The van der Waals surface area contributed by atoms with Gasteiger partial charge >= 0.3 is 0 Å². The molecule has 0 bridgehead atoms. The van der Waals surface area contributed by atoms with Crippen molar-refractivity contribution in [2.24, 2.45) is 0 Å². The van der Waals surface area contributed by atoms with E-state index in [-0.39, 0.29) is 23.1 Å². The van der Waals surface area contributed by atoms with Gasteiger partial charge in [0.1, 0.15) is 17.6 Å². The molecular weight excluding hydrogens is 480 g/mol. The van der Waals surface area contributed by atoms with Crippen LogP contribution in [0, 0.1) is 25.2 Å². The highest BCUT2D eigenvalue weighted by Crippen LogP contribution is 2.40. The number of H-pyrrole nitrogens is 1. The molecule has 1 aliphatic heterocycles. The summed E-state index contributed by atoms with van der Waals surface area (Å²) >= 11 is 0. The first-order valence-electron chi connectivity index (χ1n) is 13.3. The van der Waals surface area contributed by atoms with Gasteiger partial charge in [0, 0.05) is 24.0 Å². The molecule has 5 rings (SSSR count). The topological polar surface area (TPSA) is 136 Å². The maximum Gasteiger partial charge on any atom is 0.223 e. The number of hydrogen-bond donors (Lipinski definition) is 2. The predicted octanol–water partition coefficient (Wildman–Crippen LogP) is 5.06. The summed E-state index contributed by atoms with van der Waals surface area (Å²) in [5, 5.41) is 24.8. The number of rotatable bonds is 3. The number of aromatic nitrogens is 4. The van der Waals surface area contributed by atoms with Gasteiger partial charge in [-0.2, -0.15) is 10.4 Å². The minimum absolute atomic E-state index is 0.106. The Balaban J connectivity index is 0.000000166. The van der Waals surface area contributed by atoms with Crippen LogP contribution in [0.3, 0.4) is 0 Å². The highest BCUT2D eigenvalue weighted by atomic mass is 16.3. The van der Waals surface area contributed by atoms with E-state index in [2.05, 4.69) is 39.2 Å². The molecule has 9 nitrogen and oxygen atoms in total. The maximum atomic E-state index is 12.1. The Morgan fingerprint density at radius 2 is 1.92 bits per heavy atom. The fraction of sp³-hybridized carbons (Fsp3) is 0.517. The molecule has 1 saturated carbocycles. The van der Waals surface area contributed by atoms with Crippen LogP contribution in [0.5, 0.6) is 5.75 Å². The summed E-state index contributed by atoms with van der Waals surface area (Å²) < 4.78 is 0. The molecule has 0 radical (unpaired) electrons. The van der Waals surface area contributed by atoms with Crippen LogP contribution in [0.25, 0.3) is 11.0 Å². The van der Waals surface area contributed by atoms with Crippen molar-refractivity contribution >= 4 is 22.7 Å². The molecule has 2 N–H and O–H groups in total. The van der Waals surface area contributed by atoms with E-state index in [9.17, 15) is 9.59 Å². The van der Waals surface area contributed by atoms with Gasteiger partial charge in [-0.3, -0.25) is 19.7 Å². The van der Waals surface area contributed by atoms with Crippen molar-refractivity contribution in [3.8, 4) is 11.8 Å². The number of nitrogens with one attached hydrogen (secondary N) is 1. The molecule has 2 aliphatic rings. The number of aryl methyl sites for hydroxylation is 2. The smallest absolute Gasteiger partial charge is 0.223 e. The molecule has 38 heavy (non-hydrogen) atoms. The van der Waals surface area contributed by atoms with Gasteiger partial charge < -0.3 is 10.0 Å². The Bertz CT molecular complexity index is 1290. The van der Waals surface area contributed by atoms with Crippen LogP contribution in [0.4, 0.5) is 0 Å².